The molecule has 0 aliphatic carbocycles. The third-order valence-corrected chi connectivity index (χ3v) is 5.51. The number of likely N-dealkylation sites (tertiary alicyclic amines) is 1. The highest BCUT2D eigenvalue weighted by molar-refractivity contribution is 6.32. The van der Waals surface area contributed by atoms with Crippen molar-refractivity contribution >= 4 is 34.8 Å². The number of halogens is 1. The summed E-state index contributed by atoms with van der Waals surface area (Å²) in [5, 5.41) is 6.30. The van der Waals surface area contributed by atoms with Crippen LogP contribution in [0.5, 0.6) is 5.75 Å². The van der Waals surface area contributed by atoms with Crippen molar-refractivity contribution in [2.24, 2.45) is 5.92 Å². The summed E-state index contributed by atoms with van der Waals surface area (Å²) < 4.78 is 5.13. The summed E-state index contributed by atoms with van der Waals surface area (Å²) in [6.45, 7) is 3.20. The van der Waals surface area contributed by atoms with Gasteiger partial charge >= 0.3 is 0 Å². The second-order valence-electron chi connectivity index (χ2n) is 7.20. The molecule has 2 amide bonds. The van der Waals surface area contributed by atoms with Crippen molar-refractivity contribution in [3.05, 3.63) is 53.6 Å². The molecule has 2 aromatic carbocycles. The standard InChI is InChI=1S/C22H26ClN3O3/c1-15(21(27)25-18-10-11-20(29-2)19(23)13-18)26-12-6-7-16(14-26)22(28)24-17-8-4-3-5-9-17/h3-5,8-11,13,15-16H,6-7,12,14H2,1-2H3,(H,24,28)(H,25,27)/t15-,16-/m0/s1. The molecule has 0 unspecified atom stereocenters. The molecule has 0 saturated carbocycles. The zero-order valence-corrected chi connectivity index (χ0v) is 17.4. The van der Waals surface area contributed by atoms with Crippen LogP contribution < -0.4 is 15.4 Å². The monoisotopic (exact) mass is 415 g/mol. The number of carbonyl (C=O) groups is 2. The van der Waals surface area contributed by atoms with Crippen LogP contribution >= 0.6 is 11.6 Å². The number of hydrogen-bond acceptors (Lipinski definition) is 4. The van der Waals surface area contributed by atoms with Gasteiger partial charge in [-0.3, -0.25) is 14.5 Å². The molecule has 1 heterocycles. The van der Waals surface area contributed by atoms with E-state index in [1.807, 2.05) is 37.3 Å². The molecule has 154 valence electrons. The molecule has 7 heteroatoms. The predicted molar refractivity (Wildman–Crippen MR) is 115 cm³/mol. The Morgan fingerprint density at radius 2 is 1.90 bits per heavy atom. The number of para-hydroxylation sites is 1. The van der Waals surface area contributed by atoms with Gasteiger partial charge in [0.25, 0.3) is 0 Å². The fourth-order valence-electron chi connectivity index (χ4n) is 3.49. The van der Waals surface area contributed by atoms with Crippen LogP contribution in [0.25, 0.3) is 0 Å². The van der Waals surface area contributed by atoms with E-state index in [0.29, 0.717) is 23.0 Å². The number of benzene rings is 2. The van der Waals surface area contributed by atoms with Gasteiger partial charge < -0.3 is 15.4 Å². The molecule has 1 fully saturated rings. The Morgan fingerprint density at radius 3 is 2.59 bits per heavy atom. The van der Waals surface area contributed by atoms with Gasteiger partial charge in [-0.15, -0.1) is 0 Å². The number of piperidine rings is 1. The lowest BCUT2D eigenvalue weighted by molar-refractivity contribution is -0.125. The van der Waals surface area contributed by atoms with Crippen LogP contribution in [-0.2, 0) is 9.59 Å². The van der Waals surface area contributed by atoms with Gasteiger partial charge in [-0.25, -0.2) is 0 Å². The van der Waals surface area contributed by atoms with Gasteiger partial charge in [-0.2, -0.15) is 0 Å². The first-order valence-corrected chi connectivity index (χ1v) is 10.1. The summed E-state index contributed by atoms with van der Waals surface area (Å²) in [4.78, 5) is 27.4. The van der Waals surface area contributed by atoms with E-state index in [-0.39, 0.29) is 23.8 Å². The lowest BCUT2D eigenvalue weighted by atomic mass is 9.95. The smallest absolute Gasteiger partial charge is 0.241 e. The molecule has 1 saturated heterocycles. The molecule has 2 N–H and O–H groups in total. The minimum Gasteiger partial charge on any atom is -0.495 e. The van der Waals surface area contributed by atoms with Crippen LogP contribution in [0, 0.1) is 5.92 Å². The number of carbonyl (C=O) groups excluding carboxylic acids is 2. The fraction of sp³-hybridized carbons (Fsp3) is 0.364. The number of methoxy groups -OCH3 is 1. The predicted octanol–water partition coefficient (Wildman–Crippen LogP) is 4.03. The molecule has 0 aromatic heterocycles. The minimum atomic E-state index is -0.358. The van der Waals surface area contributed by atoms with Crippen molar-refractivity contribution in [2.45, 2.75) is 25.8 Å². The highest BCUT2D eigenvalue weighted by Gasteiger charge is 2.31. The number of nitrogens with one attached hydrogen (secondary N) is 2. The summed E-state index contributed by atoms with van der Waals surface area (Å²) in [5.74, 6) is 0.279. The Hall–Kier alpha value is -2.57. The highest BCUT2D eigenvalue weighted by Crippen LogP contribution is 2.27. The molecule has 3 rings (SSSR count). The summed E-state index contributed by atoms with van der Waals surface area (Å²) in [6, 6.07) is 14.2. The zero-order valence-electron chi connectivity index (χ0n) is 16.7. The first kappa shape index (κ1) is 21.1. The molecular formula is C22H26ClN3O3. The van der Waals surface area contributed by atoms with Gasteiger partial charge in [0, 0.05) is 17.9 Å². The molecule has 29 heavy (non-hydrogen) atoms. The van der Waals surface area contributed by atoms with E-state index in [9.17, 15) is 9.59 Å². The molecule has 0 radical (unpaired) electrons. The van der Waals surface area contributed by atoms with E-state index in [4.69, 9.17) is 16.3 Å². The van der Waals surface area contributed by atoms with E-state index in [1.165, 1.54) is 0 Å². The largest absolute Gasteiger partial charge is 0.495 e. The van der Waals surface area contributed by atoms with Crippen LogP contribution in [0.4, 0.5) is 11.4 Å². The van der Waals surface area contributed by atoms with Crippen molar-refractivity contribution < 1.29 is 14.3 Å². The van der Waals surface area contributed by atoms with Gasteiger partial charge in [0.1, 0.15) is 5.75 Å². The zero-order chi connectivity index (χ0) is 20.8. The van der Waals surface area contributed by atoms with E-state index in [0.717, 1.165) is 25.1 Å². The molecular weight excluding hydrogens is 390 g/mol. The number of rotatable bonds is 6. The van der Waals surface area contributed by atoms with Crippen LogP contribution in [0.1, 0.15) is 19.8 Å². The molecule has 0 spiro atoms. The van der Waals surface area contributed by atoms with Crippen molar-refractivity contribution in [3.8, 4) is 5.75 Å². The second kappa shape index (κ2) is 9.76. The third kappa shape index (κ3) is 5.49. The average molecular weight is 416 g/mol. The van der Waals surface area contributed by atoms with Gasteiger partial charge in [0.05, 0.1) is 24.1 Å². The SMILES string of the molecule is COc1ccc(NC(=O)[C@H](C)N2CCC[C@H](C(=O)Nc3ccccc3)C2)cc1Cl. The number of hydrogen-bond donors (Lipinski definition) is 2. The van der Waals surface area contributed by atoms with Gasteiger partial charge in [-0.05, 0) is 56.6 Å². The summed E-state index contributed by atoms with van der Waals surface area (Å²) in [7, 11) is 1.54. The van der Waals surface area contributed by atoms with E-state index in [1.54, 1.807) is 25.3 Å². The lowest BCUT2D eigenvalue weighted by Crippen LogP contribution is -2.49. The summed E-state index contributed by atoms with van der Waals surface area (Å²) >= 11 is 6.13. The van der Waals surface area contributed by atoms with Crippen LogP contribution in [0.2, 0.25) is 5.02 Å². The average Bonchev–Trinajstić information content (AvgIpc) is 2.74. The molecule has 6 nitrogen and oxygen atoms in total. The second-order valence-corrected chi connectivity index (χ2v) is 7.61. The van der Waals surface area contributed by atoms with Crippen molar-refractivity contribution in [1.29, 1.82) is 0 Å². The van der Waals surface area contributed by atoms with Crippen LogP contribution in [0.3, 0.4) is 0 Å². The lowest BCUT2D eigenvalue weighted by Gasteiger charge is -2.35. The first-order chi connectivity index (χ1) is 14.0. The Kier molecular flexibility index (Phi) is 7.12. The molecule has 2 atom stereocenters. The van der Waals surface area contributed by atoms with E-state index >= 15 is 0 Å². The molecule has 1 aliphatic heterocycles. The Labute approximate surface area is 176 Å². The Balaban J connectivity index is 1.58. The number of nitrogens with zero attached hydrogens (tertiary/aromatic N) is 1. The summed E-state index contributed by atoms with van der Waals surface area (Å²) in [5.41, 5.74) is 1.40. The molecule has 0 bridgehead atoms. The normalized spacial score (nSPS) is 18.0. The van der Waals surface area contributed by atoms with Crippen molar-refractivity contribution in [1.82, 2.24) is 4.90 Å². The van der Waals surface area contributed by atoms with E-state index in [2.05, 4.69) is 15.5 Å². The third-order valence-electron chi connectivity index (χ3n) is 5.21. The number of anilines is 2. The minimum absolute atomic E-state index is 0.00422. The first-order valence-electron chi connectivity index (χ1n) is 9.72. The topological polar surface area (TPSA) is 70.7 Å². The van der Waals surface area contributed by atoms with E-state index < -0.39 is 0 Å². The Bertz CT molecular complexity index is 860. The van der Waals surface area contributed by atoms with Gasteiger partial charge in [0.2, 0.25) is 11.8 Å². The summed E-state index contributed by atoms with van der Waals surface area (Å²) in [6.07, 6.45) is 1.69. The number of amides is 2. The van der Waals surface area contributed by atoms with Gasteiger partial charge in [0.15, 0.2) is 0 Å². The maximum atomic E-state index is 12.7. The quantitative estimate of drug-likeness (QED) is 0.747. The van der Waals surface area contributed by atoms with Crippen LogP contribution in [0.15, 0.2) is 48.5 Å². The van der Waals surface area contributed by atoms with Gasteiger partial charge in [-0.1, -0.05) is 29.8 Å². The van der Waals surface area contributed by atoms with Crippen molar-refractivity contribution in [2.75, 3.05) is 30.8 Å². The maximum Gasteiger partial charge on any atom is 0.241 e. The number of ether oxygens (including phenoxy) is 1. The molecule has 1 aliphatic rings. The fourth-order valence-corrected chi connectivity index (χ4v) is 3.75. The Morgan fingerprint density at radius 1 is 1.14 bits per heavy atom. The van der Waals surface area contributed by atoms with Crippen LogP contribution in [-0.4, -0.2) is 43.0 Å². The van der Waals surface area contributed by atoms with Crippen molar-refractivity contribution in [3.63, 3.8) is 0 Å². The maximum absolute atomic E-state index is 12.7. The highest BCUT2D eigenvalue weighted by atomic mass is 35.5. The molecule has 2 aromatic rings.